The van der Waals surface area contributed by atoms with Gasteiger partial charge in [-0.25, -0.2) is 4.39 Å². The van der Waals surface area contributed by atoms with Crippen LogP contribution in [0.4, 0.5) is 4.39 Å². The Morgan fingerprint density at radius 1 is 1.53 bits per heavy atom. The van der Waals surface area contributed by atoms with E-state index in [-0.39, 0.29) is 10.3 Å². The van der Waals surface area contributed by atoms with E-state index in [9.17, 15) is 9.18 Å². The molecule has 2 nitrogen and oxygen atoms in total. The minimum atomic E-state index is -0.429. The van der Waals surface area contributed by atoms with Crippen LogP contribution in [-0.2, 0) is 0 Å². The number of rotatable bonds is 5. The first kappa shape index (κ1) is 14.2. The van der Waals surface area contributed by atoms with Crippen LogP contribution >= 0.6 is 15.9 Å². The van der Waals surface area contributed by atoms with Gasteiger partial charge in [0.25, 0.3) is 0 Å². The lowest BCUT2D eigenvalue weighted by molar-refractivity contribution is 0.0960. The SMILES string of the molecule is CCC(C)CC(=O)c1cc(Br)c(F)cc1OC. The molecule has 0 saturated carbocycles. The molecule has 1 aromatic rings. The second-order valence-corrected chi connectivity index (χ2v) is 4.96. The van der Waals surface area contributed by atoms with Crippen molar-refractivity contribution in [2.24, 2.45) is 5.92 Å². The molecule has 0 saturated heterocycles. The maximum absolute atomic E-state index is 13.3. The van der Waals surface area contributed by atoms with E-state index >= 15 is 0 Å². The molecule has 0 spiro atoms. The van der Waals surface area contributed by atoms with Gasteiger partial charge in [-0.2, -0.15) is 0 Å². The van der Waals surface area contributed by atoms with Crippen LogP contribution in [-0.4, -0.2) is 12.9 Å². The van der Waals surface area contributed by atoms with Gasteiger partial charge in [0.15, 0.2) is 5.78 Å². The molecule has 17 heavy (non-hydrogen) atoms. The lowest BCUT2D eigenvalue weighted by Crippen LogP contribution is -2.07. The summed E-state index contributed by atoms with van der Waals surface area (Å²) in [7, 11) is 1.43. The van der Waals surface area contributed by atoms with Crippen LogP contribution in [0, 0.1) is 11.7 Å². The zero-order chi connectivity index (χ0) is 13.0. The second-order valence-electron chi connectivity index (χ2n) is 4.11. The Labute approximate surface area is 109 Å². The van der Waals surface area contributed by atoms with Crippen molar-refractivity contribution in [3.8, 4) is 5.75 Å². The van der Waals surface area contributed by atoms with Crippen molar-refractivity contribution >= 4 is 21.7 Å². The van der Waals surface area contributed by atoms with Crippen molar-refractivity contribution < 1.29 is 13.9 Å². The van der Waals surface area contributed by atoms with Crippen LogP contribution in [0.1, 0.15) is 37.0 Å². The van der Waals surface area contributed by atoms with Gasteiger partial charge in [-0.05, 0) is 27.9 Å². The Bertz CT molecular complexity index is 418. The Balaban J connectivity index is 3.03. The summed E-state index contributed by atoms with van der Waals surface area (Å²) in [6.45, 7) is 4.05. The van der Waals surface area contributed by atoms with Crippen LogP contribution in [0.5, 0.6) is 5.75 Å². The van der Waals surface area contributed by atoms with Crippen LogP contribution in [0.15, 0.2) is 16.6 Å². The third-order valence-corrected chi connectivity index (χ3v) is 3.38. The van der Waals surface area contributed by atoms with Gasteiger partial charge >= 0.3 is 0 Å². The highest BCUT2D eigenvalue weighted by molar-refractivity contribution is 9.10. The summed E-state index contributed by atoms with van der Waals surface area (Å²) in [5, 5.41) is 0. The smallest absolute Gasteiger partial charge is 0.166 e. The summed E-state index contributed by atoms with van der Waals surface area (Å²) in [5.74, 6) is 0.161. The average molecular weight is 303 g/mol. The minimum absolute atomic E-state index is 0.0168. The lowest BCUT2D eigenvalue weighted by atomic mass is 9.97. The highest BCUT2D eigenvalue weighted by Gasteiger charge is 2.17. The number of methoxy groups -OCH3 is 1. The van der Waals surface area contributed by atoms with Gasteiger partial charge in [-0.3, -0.25) is 4.79 Å². The summed E-state index contributed by atoms with van der Waals surface area (Å²) >= 11 is 3.08. The summed E-state index contributed by atoms with van der Waals surface area (Å²) in [5.41, 5.74) is 0.432. The number of ether oxygens (including phenoxy) is 1. The van der Waals surface area contributed by atoms with Crippen LogP contribution in [0.25, 0.3) is 0 Å². The van der Waals surface area contributed by atoms with Gasteiger partial charge in [0.1, 0.15) is 11.6 Å². The zero-order valence-electron chi connectivity index (χ0n) is 10.2. The standard InChI is InChI=1S/C13H16BrFO2/c1-4-8(2)5-12(16)9-6-10(14)11(15)7-13(9)17-3/h6-8H,4-5H2,1-3H3. The molecule has 94 valence electrons. The molecule has 0 aliphatic rings. The van der Waals surface area contributed by atoms with Gasteiger partial charge in [-0.15, -0.1) is 0 Å². The first-order valence-electron chi connectivity index (χ1n) is 5.55. The van der Waals surface area contributed by atoms with Crippen molar-refractivity contribution in [1.29, 1.82) is 0 Å². The number of benzene rings is 1. The number of ketones is 1. The zero-order valence-corrected chi connectivity index (χ0v) is 11.8. The number of Topliss-reactive ketones (excluding diaryl/α,β-unsaturated/α-hetero) is 1. The molecule has 0 aliphatic heterocycles. The van der Waals surface area contributed by atoms with E-state index in [1.54, 1.807) is 0 Å². The van der Waals surface area contributed by atoms with Gasteiger partial charge in [0.2, 0.25) is 0 Å². The molecule has 0 amide bonds. The van der Waals surface area contributed by atoms with E-state index in [4.69, 9.17) is 4.74 Å². The van der Waals surface area contributed by atoms with E-state index < -0.39 is 5.82 Å². The average Bonchev–Trinajstić information content (AvgIpc) is 2.31. The monoisotopic (exact) mass is 302 g/mol. The third-order valence-electron chi connectivity index (χ3n) is 2.77. The van der Waals surface area contributed by atoms with Gasteiger partial charge in [-0.1, -0.05) is 20.3 Å². The van der Waals surface area contributed by atoms with Crippen molar-refractivity contribution in [2.75, 3.05) is 7.11 Å². The molecule has 1 rings (SSSR count). The minimum Gasteiger partial charge on any atom is -0.496 e. The molecular formula is C13H16BrFO2. The fourth-order valence-electron chi connectivity index (χ4n) is 1.49. The van der Waals surface area contributed by atoms with E-state index in [1.807, 2.05) is 13.8 Å². The molecule has 1 unspecified atom stereocenters. The second kappa shape index (κ2) is 6.15. The Morgan fingerprint density at radius 3 is 2.71 bits per heavy atom. The highest BCUT2D eigenvalue weighted by atomic mass is 79.9. The molecule has 4 heteroatoms. The topological polar surface area (TPSA) is 26.3 Å². The molecule has 1 aromatic carbocycles. The molecule has 1 atom stereocenters. The van der Waals surface area contributed by atoms with E-state index in [1.165, 1.54) is 19.2 Å². The van der Waals surface area contributed by atoms with Crippen LogP contribution in [0.3, 0.4) is 0 Å². The number of hydrogen-bond acceptors (Lipinski definition) is 2. The first-order valence-corrected chi connectivity index (χ1v) is 6.35. The molecule has 0 aromatic heterocycles. The first-order chi connectivity index (χ1) is 7.99. The molecule has 0 N–H and O–H groups in total. The number of halogens is 2. The fraction of sp³-hybridized carbons (Fsp3) is 0.462. The molecule has 0 aliphatic carbocycles. The quantitative estimate of drug-likeness (QED) is 0.761. The Morgan fingerprint density at radius 2 is 2.18 bits per heavy atom. The molecule has 0 bridgehead atoms. The number of carbonyl (C=O) groups is 1. The fourth-order valence-corrected chi connectivity index (χ4v) is 1.83. The predicted molar refractivity (Wildman–Crippen MR) is 69.1 cm³/mol. The maximum atomic E-state index is 13.3. The van der Waals surface area contributed by atoms with Crippen molar-refractivity contribution in [3.63, 3.8) is 0 Å². The number of carbonyl (C=O) groups excluding carboxylic acids is 1. The molecule has 0 radical (unpaired) electrons. The molecular weight excluding hydrogens is 287 g/mol. The van der Waals surface area contributed by atoms with Crippen LogP contribution in [0.2, 0.25) is 0 Å². The van der Waals surface area contributed by atoms with Crippen molar-refractivity contribution in [3.05, 3.63) is 28.0 Å². The summed E-state index contributed by atoms with van der Waals surface area (Å²) in [6.07, 6.45) is 1.39. The summed E-state index contributed by atoms with van der Waals surface area (Å²) in [4.78, 5) is 12.0. The molecule has 0 fully saturated rings. The molecule has 0 heterocycles. The predicted octanol–water partition coefficient (Wildman–Crippen LogP) is 4.22. The largest absolute Gasteiger partial charge is 0.496 e. The van der Waals surface area contributed by atoms with Gasteiger partial charge < -0.3 is 4.74 Å². The maximum Gasteiger partial charge on any atom is 0.166 e. The summed E-state index contributed by atoms with van der Waals surface area (Å²) < 4.78 is 18.6. The van der Waals surface area contributed by atoms with E-state index in [2.05, 4.69) is 15.9 Å². The normalized spacial score (nSPS) is 12.3. The Kier molecular flexibility index (Phi) is 5.12. The highest BCUT2D eigenvalue weighted by Crippen LogP contribution is 2.28. The Hall–Kier alpha value is -0.900. The van der Waals surface area contributed by atoms with E-state index in [0.29, 0.717) is 23.7 Å². The number of hydrogen-bond donors (Lipinski definition) is 0. The van der Waals surface area contributed by atoms with Gasteiger partial charge in [0.05, 0.1) is 17.1 Å². The van der Waals surface area contributed by atoms with E-state index in [0.717, 1.165) is 6.42 Å². The van der Waals surface area contributed by atoms with Crippen LogP contribution < -0.4 is 4.74 Å². The third kappa shape index (κ3) is 3.53. The van der Waals surface area contributed by atoms with Gasteiger partial charge in [0, 0.05) is 12.5 Å². The van der Waals surface area contributed by atoms with Crippen molar-refractivity contribution in [1.82, 2.24) is 0 Å². The lowest BCUT2D eigenvalue weighted by Gasteiger charge is -2.11. The summed E-state index contributed by atoms with van der Waals surface area (Å²) in [6, 6.07) is 2.72. The van der Waals surface area contributed by atoms with Crippen molar-refractivity contribution in [2.45, 2.75) is 26.7 Å².